The van der Waals surface area contributed by atoms with Crippen LogP contribution in [0.1, 0.15) is 19.8 Å². The molecule has 1 aliphatic rings. The number of nitrogens with two attached hydrogens (primary N) is 1. The highest BCUT2D eigenvalue weighted by molar-refractivity contribution is 5.51. The van der Waals surface area contributed by atoms with Crippen LogP contribution in [0.2, 0.25) is 0 Å². The van der Waals surface area contributed by atoms with Crippen LogP contribution < -0.4 is 15.2 Å². The van der Waals surface area contributed by atoms with Gasteiger partial charge in [-0.05, 0) is 45.0 Å². The minimum Gasteiger partial charge on any atom is -0.493 e. The molecule has 1 heterocycles. The zero-order valence-corrected chi connectivity index (χ0v) is 11.2. The summed E-state index contributed by atoms with van der Waals surface area (Å²) in [6.07, 6.45) is 2.60. The summed E-state index contributed by atoms with van der Waals surface area (Å²) in [7, 11) is 1.63. The molecule has 0 amide bonds. The molecule has 1 saturated heterocycles. The molecule has 1 unspecified atom stereocenters. The van der Waals surface area contributed by atoms with Crippen LogP contribution in [-0.4, -0.2) is 37.7 Å². The molecule has 4 heteroatoms. The van der Waals surface area contributed by atoms with E-state index >= 15 is 0 Å². The third-order valence-electron chi connectivity index (χ3n) is 3.43. The monoisotopic (exact) mass is 250 g/mol. The Morgan fingerprint density at radius 2 is 2.00 bits per heavy atom. The molecule has 1 atom stereocenters. The molecule has 0 aromatic heterocycles. The van der Waals surface area contributed by atoms with E-state index in [4.69, 9.17) is 15.2 Å². The second kappa shape index (κ2) is 5.96. The molecule has 0 bridgehead atoms. The van der Waals surface area contributed by atoms with Crippen LogP contribution >= 0.6 is 0 Å². The van der Waals surface area contributed by atoms with Gasteiger partial charge in [-0.2, -0.15) is 0 Å². The largest absolute Gasteiger partial charge is 0.493 e. The number of ether oxygens (including phenoxy) is 2. The fraction of sp³-hybridized carbons (Fsp3) is 0.571. The van der Waals surface area contributed by atoms with Gasteiger partial charge in [0.15, 0.2) is 11.5 Å². The van der Waals surface area contributed by atoms with Crippen molar-refractivity contribution >= 4 is 5.69 Å². The number of rotatable bonds is 5. The Hall–Kier alpha value is -1.42. The van der Waals surface area contributed by atoms with E-state index in [1.165, 1.54) is 25.9 Å². The summed E-state index contributed by atoms with van der Waals surface area (Å²) in [4.78, 5) is 2.46. The lowest BCUT2D eigenvalue weighted by Gasteiger charge is -2.24. The molecule has 0 spiro atoms. The Bertz CT molecular complexity index is 389. The topological polar surface area (TPSA) is 47.7 Å². The second-order valence-electron chi connectivity index (χ2n) is 4.81. The maximum absolute atomic E-state index is 5.84. The summed E-state index contributed by atoms with van der Waals surface area (Å²) in [5.74, 6) is 1.46. The number of hydrogen-bond donors (Lipinski definition) is 1. The first-order chi connectivity index (χ1) is 8.70. The molecular formula is C14H22N2O2. The minimum atomic E-state index is 0.440. The lowest BCUT2D eigenvalue weighted by molar-refractivity contribution is 0.169. The normalized spacial score (nSPS) is 17.7. The van der Waals surface area contributed by atoms with E-state index in [2.05, 4.69) is 11.8 Å². The van der Waals surface area contributed by atoms with Gasteiger partial charge in [0.05, 0.1) is 7.11 Å². The lowest BCUT2D eigenvalue weighted by atomic mass is 10.2. The first-order valence-corrected chi connectivity index (χ1v) is 6.51. The number of anilines is 1. The standard InChI is InChI=1S/C14H22N2O2/c1-11(16-7-3-4-8-16)10-18-13-6-5-12(15)9-14(13)17-2/h5-6,9,11H,3-4,7-8,10,15H2,1-2H3. The number of benzene rings is 1. The molecule has 1 aromatic rings. The van der Waals surface area contributed by atoms with Crippen LogP contribution in [0, 0.1) is 0 Å². The highest BCUT2D eigenvalue weighted by Gasteiger charge is 2.18. The molecule has 2 rings (SSSR count). The lowest BCUT2D eigenvalue weighted by Crippen LogP contribution is -2.34. The van der Waals surface area contributed by atoms with Crippen molar-refractivity contribution in [2.24, 2.45) is 0 Å². The van der Waals surface area contributed by atoms with Crippen molar-refractivity contribution in [2.45, 2.75) is 25.8 Å². The number of likely N-dealkylation sites (tertiary alicyclic amines) is 1. The van der Waals surface area contributed by atoms with E-state index in [0.29, 0.717) is 24.1 Å². The molecule has 4 nitrogen and oxygen atoms in total. The second-order valence-corrected chi connectivity index (χ2v) is 4.81. The van der Waals surface area contributed by atoms with Crippen LogP contribution in [0.3, 0.4) is 0 Å². The van der Waals surface area contributed by atoms with Gasteiger partial charge in [-0.3, -0.25) is 4.90 Å². The van der Waals surface area contributed by atoms with E-state index in [9.17, 15) is 0 Å². The van der Waals surface area contributed by atoms with E-state index < -0.39 is 0 Å². The Balaban J connectivity index is 1.92. The van der Waals surface area contributed by atoms with Crippen molar-refractivity contribution in [1.82, 2.24) is 4.90 Å². The van der Waals surface area contributed by atoms with Crippen molar-refractivity contribution < 1.29 is 9.47 Å². The summed E-state index contributed by atoms with van der Waals surface area (Å²) >= 11 is 0. The van der Waals surface area contributed by atoms with Crippen molar-refractivity contribution in [3.63, 3.8) is 0 Å². The molecule has 0 radical (unpaired) electrons. The van der Waals surface area contributed by atoms with Gasteiger partial charge in [-0.15, -0.1) is 0 Å². The fourth-order valence-corrected chi connectivity index (χ4v) is 2.30. The van der Waals surface area contributed by atoms with Crippen molar-refractivity contribution in [2.75, 3.05) is 32.5 Å². The first-order valence-electron chi connectivity index (χ1n) is 6.51. The van der Waals surface area contributed by atoms with Gasteiger partial charge in [-0.1, -0.05) is 0 Å². The summed E-state index contributed by atoms with van der Waals surface area (Å²) in [6.45, 7) is 5.25. The van der Waals surface area contributed by atoms with Crippen LogP contribution in [0.15, 0.2) is 18.2 Å². The average molecular weight is 250 g/mol. The predicted octanol–water partition coefficient (Wildman–Crippen LogP) is 2.14. The molecule has 0 saturated carbocycles. The third-order valence-corrected chi connectivity index (χ3v) is 3.43. The smallest absolute Gasteiger partial charge is 0.162 e. The Kier molecular flexibility index (Phi) is 4.31. The van der Waals surface area contributed by atoms with Gasteiger partial charge in [0.2, 0.25) is 0 Å². The van der Waals surface area contributed by atoms with Gasteiger partial charge in [-0.25, -0.2) is 0 Å². The minimum absolute atomic E-state index is 0.440. The number of hydrogen-bond acceptors (Lipinski definition) is 4. The molecule has 0 aliphatic carbocycles. The number of methoxy groups -OCH3 is 1. The molecule has 100 valence electrons. The molecule has 18 heavy (non-hydrogen) atoms. The summed E-state index contributed by atoms with van der Waals surface area (Å²) in [5.41, 5.74) is 6.40. The SMILES string of the molecule is COc1cc(N)ccc1OCC(C)N1CCCC1. The Labute approximate surface area is 109 Å². The van der Waals surface area contributed by atoms with Crippen LogP contribution in [0.4, 0.5) is 5.69 Å². The van der Waals surface area contributed by atoms with Crippen molar-refractivity contribution in [3.8, 4) is 11.5 Å². The molecular weight excluding hydrogens is 228 g/mol. The van der Waals surface area contributed by atoms with Gasteiger partial charge < -0.3 is 15.2 Å². The van der Waals surface area contributed by atoms with Crippen molar-refractivity contribution in [1.29, 1.82) is 0 Å². The summed E-state index contributed by atoms with van der Waals surface area (Å²) in [5, 5.41) is 0. The molecule has 1 aromatic carbocycles. The van der Waals surface area contributed by atoms with Crippen molar-refractivity contribution in [3.05, 3.63) is 18.2 Å². The van der Waals surface area contributed by atoms with E-state index in [1.54, 1.807) is 13.2 Å². The molecule has 1 fully saturated rings. The zero-order chi connectivity index (χ0) is 13.0. The van der Waals surface area contributed by atoms with Gasteiger partial charge in [0.1, 0.15) is 6.61 Å². The fourth-order valence-electron chi connectivity index (χ4n) is 2.30. The summed E-state index contributed by atoms with van der Waals surface area (Å²) in [6, 6.07) is 5.92. The maximum Gasteiger partial charge on any atom is 0.162 e. The summed E-state index contributed by atoms with van der Waals surface area (Å²) < 4.78 is 11.1. The average Bonchev–Trinajstić information content (AvgIpc) is 2.90. The van der Waals surface area contributed by atoms with Gasteiger partial charge in [0.25, 0.3) is 0 Å². The van der Waals surface area contributed by atoms with Gasteiger partial charge in [0, 0.05) is 17.8 Å². The quantitative estimate of drug-likeness (QED) is 0.813. The highest BCUT2D eigenvalue weighted by Crippen LogP contribution is 2.29. The zero-order valence-electron chi connectivity index (χ0n) is 11.2. The number of nitrogen functional groups attached to an aromatic ring is 1. The maximum atomic E-state index is 5.84. The van der Waals surface area contributed by atoms with Crippen LogP contribution in [-0.2, 0) is 0 Å². The molecule has 2 N–H and O–H groups in total. The van der Waals surface area contributed by atoms with E-state index in [-0.39, 0.29) is 0 Å². The highest BCUT2D eigenvalue weighted by atomic mass is 16.5. The van der Waals surface area contributed by atoms with Crippen LogP contribution in [0.5, 0.6) is 11.5 Å². The van der Waals surface area contributed by atoms with Crippen LogP contribution in [0.25, 0.3) is 0 Å². The first kappa shape index (κ1) is 13.0. The molecule has 1 aliphatic heterocycles. The Morgan fingerprint density at radius 3 is 2.67 bits per heavy atom. The third kappa shape index (κ3) is 3.07. The number of nitrogens with zero attached hydrogens (tertiary/aromatic N) is 1. The van der Waals surface area contributed by atoms with E-state index in [1.807, 2.05) is 12.1 Å². The predicted molar refractivity (Wildman–Crippen MR) is 73.2 cm³/mol. The van der Waals surface area contributed by atoms with Gasteiger partial charge >= 0.3 is 0 Å². The van der Waals surface area contributed by atoms with E-state index in [0.717, 1.165) is 5.75 Å². The Morgan fingerprint density at radius 1 is 1.28 bits per heavy atom.